The third kappa shape index (κ3) is 3.05. The second-order valence-corrected chi connectivity index (χ2v) is 6.68. The zero-order valence-electron chi connectivity index (χ0n) is 11.4. The maximum Gasteiger partial charge on any atom is 0.275 e. The van der Waals surface area contributed by atoms with E-state index in [1.807, 2.05) is 19.1 Å². The van der Waals surface area contributed by atoms with Crippen molar-refractivity contribution in [3.63, 3.8) is 0 Å². The lowest BCUT2D eigenvalue weighted by Gasteiger charge is -2.03. The van der Waals surface area contributed by atoms with Crippen LogP contribution >= 0.6 is 22.7 Å². The smallest absolute Gasteiger partial charge is 0.275 e. The topological polar surface area (TPSA) is 42.0 Å². The molecule has 0 bridgehead atoms. The third-order valence-electron chi connectivity index (χ3n) is 2.87. The summed E-state index contributed by atoms with van der Waals surface area (Å²) in [6.45, 7) is 2.00. The highest BCUT2D eigenvalue weighted by atomic mass is 32.1. The van der Waals surface area contributed by atoms with E-state index in [9.17, 15) is 13.6 Å². The lowest BCUT2D eigenvalue weighted by atomic mass is 10.3. The molecule has 0 radical (unpaired) electrons. The Hall–Kier alpha value is -2.12. The van der Waals surface area contributed by atoms with Crippen molar-refractivity contribution < 1.29 is 13.6 Å². The molecule has 22 heavy (non-hydrogen) atoms. The van der Waals surface area contributed by atoms with Crippen LogP contribution in [0.3, 0.4) is 0 Å². The molecule has 0 saturated carbocycles. The summed E-state index contributed by atoms with van der Waals surface area (Å²) in [6, 6.07) is 7.14. The number of thiazole rings is 1. The minimum absolute atomic E-state index is 0.186. The molecule has 1 N–H and O–H groups in total. The summed E-state index contributed by atoms with van der Waals surface area (Å²) < 4.78 is 26.0. The van der Waals surface area contributed by atoms with Crippen LogP contribution in [0.2, 0.25) is 0 Å². The number of benzene rings is 1. The second kappa shape index (κ2) is 5.94. The van der Waals surface area contributed by atoms with Crippen molar-refractivity contribution in [2.24, 2.45) is 0 Å². The first-order valence-electron chi connectivity index (χ1n) is 6.31. The third-order valence-corrected chi connectivity index (χ3v) is 4.88. The molecule has 7 heteroatoms. The molecule has 1 aromatic carbocycles. The van der Waals surface area contributed by atoms with Gasteiger partial charge in [-0.15, -0.1) is 22.7 Å². The molecule has 0 atom stereocenters. The maximum atomic E-state index is 13.1. The first-order chi connectivity index (χ1) is 10.5. The van der Waals surface area contributed by atoms with Crippen LogP contribution < -0.4 is 5.32 Å². The van der Waals surface area contributed by atoms with Gasteiger partial charge in [-0.25, -0.2) is 13.8 Å². The quantitative estimate of drug-likeness (QED) is 0.752. The highest BCUT2D eigenvalue weighted by Crippen LogP contribution is 2.30. The van der Waals surface area contributed by atoms with Gasteiger partial charge in [0.2, 0.25) is 0 Å². The number of thiophene rings is 1. The van der Waals surface area contributed by atoms with Crippen LogP contribution in [0.5, 0.6) is 0 Å². The molecule has 0 spiro atoms. The SMILES string of the molecule is Cc1ccc(-c2nc(C(=O)Nc3ccc(F)c(F)c3)cs2)s1. The van der Waals surface area contributed by atoms with Gasteiger partial charge in [-0.1, -0.05) is 0 Å². The molecular formula is C15H10F2N2OS2. The summed E-state index contributed by atoms with van der Waals surface area (Å²) in [5, 5.41) is 4.89. The van der Waals surface area contributed by atoms with Crippen molar-refractivity contribution in [1.82, 2.24) is 4.98 Å². The van der Waals surface area contributed by atoms with E-state index >= 15 is 0 Å². The highest BCUT2D eigenvalue weighted by Gasteiger charge is 2.14. The number of amides is 1. The molecule has 0 aliphatic heterocycles. The van der Waals surface area contributed by atoms with Gasteiger partial charge in [0.05, 0.1) is 4.88 Å². The van der Waals surface area contributed by atoms with Gasteiger partial charge in [-0.2, -0.15) is 0 Å². The summed E-state index contributed by atoms with van der Waals surface area (Å²) in [4.78, 5) is 18.5. The van der Waals surface area contributed by atoms with E-state index in [0.717, 1.165) is 26.9 Å². The second-order valence-electron chi connectivity index (χ2n) is 4.53. The van der Waals surface area contributed by atoms with Crippen LogP contribution in [0.25, 0.3) is 9.88 Å². The average Bonchev–Trinajstić information content (AvgIpc) is 3.11. The zero-order chi connectivity index (χ0) is 15.7. The Bertz CT molecular complexity index is 842. The molecule has 3 aromatic rings. The first kappa shape index (κ1) is 14.8. The van der Waals surface area contributed by atoms with Crippen LogP contribution in [-0.2, 0) is 0 Å². The molecular weight excluding hydrogens is 326 g/mol. The zero-order valence-corrected chi connectivity index (χ0v) is 13.0. The Morgan fingerprint density at radius 2 is 2.00 bits per heavy atom. The minimum Gasteiger partial charge on any atom is -0.321 e. The Morgan fingerprint density at radius 3 is 2.68 bits per heavy atom. The van der Waals surface area contributed by atoms with E-state index < -0.39 is 17.5 Å². The van der Waals surface area contributed by atoms with Gasteiger partial charge >= 0.3 is 0 Å². The van der Waals surface area contributed by atoms with Gasteiger partial charge in [0.25, 0.3) is 5.91 Å². The fourth-order valence-corrected chi connectivity index (χ4v) is 3.55. The normalized spacial score (nSPS) is 10.7. The van der Waals surface area contributed by atoms with E-state index in [1.54, 1.807) is 16.7 Å². The molecule has 112 valence electrons. The van der Waals surface area contributed by atoms with Gasteiger partial charge in [0.1, 0.15) is 10.7 Å². The van der Waals surface area contributed by atoms with Crippen LogP contribution in [0.15, 0.2) is 35.7 Å². The fourth-order valence-electron chi connectivity index (χ4n) is 1.81. The predicted molar refractivity (Wildman–Crippen MR) is 84.5 cm³/mol. The molecule has 0 aliphatic rings. The van der Waals surface area contributed by atoms with Gasteiger partial charge < -0.3 is 5.32 Å². The van der Waals surface area contributed by atoms with E-state index in [0.29, 0.717) is 0 Å². The van der Waals surface area contributed by atoms with E-state index in [2.05, 4.69) is 10.3 Å². The number of halogens is 2. The molecule has 3 nitrogen and oxygen atoms in total. The van der Waals surface area contributed by atoms with E-state index in [1.165, 1.54) is 17.4 Å². The van der Waals surface area contributed by atoms with Crippen LogP contribution in [-0.4, -0.2) is 10.9 Å². The van der Waals surface area contributed by atoms with Crippen molar-refractivity contribution in [3.05, 3.63) is 57.9 Å². The van der Waals surface area contributed by atoms with Crippen molar-refractivity contribution >= 4 is 34.3 Å². The number of aromatic nitrogens is 1. The van der Waals surface area contributed by atoms with Gasteiger partial charge in [0, 0.05) is 22.0 Å². The Kier molecular flexibility index (Phi) is 4.00. The Balaban J connectivity index is 1.78. The summed E-state index contributed by atoms with van der Waals surface area (Å²) in [5.74, 6) is -2.42. The Morgan fingerprint density at radius 1 is 1.18 bits per heavy atom. The lowest BCUT2D eigenvalue weighted by molar-refractivity contribution is 0.102. The summed E-state index contributed by atoms with van der Waals surface area (Å²) >= 11 is 2.96. The summed E-state index contributed by atoms with van der Waals surface area (Å²) in [6.07, 6.45) is 0. The van der Waals surface area contributed by atoms with Crippen LogP contribution in [0, 0.1) is 18.6 Å². The first-order valence-corrected chi connectivity index (χ1v) is 8.01. The number of nitrogens with one attached hydrogen (secondary N) is 1. The summed E-state index contributed by atoms with van der Waals surface area (Å²) in [7, 11) is 0. The van der Waals surface area contributed by atoms with Crippen molar-refractivity contribution in [2.75, 3.05) is 5.32 Å². The van der Waals surface area contributed by atoms with E-state index in [4.69, 9.17) is 0 Å². The predicted octanol–water partition coefficient (Wildman–Crippen LogP) is 4.71. The van der Waals surface area contributed by atoms with E-state index in [-0.39, 0.29) is 11.4 Å². The van der Waals surface area contributed by atoms with Crippen LogP contribution in [0.1, 0.15) is 15.4 Å². The van der Waals surface area contributed by atoms with Gasteiger partial charge in [-0.3, -0.25) is 4.79 Å². The molecule has 0 saturated heterocycles. The Labute approximate surface area is 133 Å². The molecule has 2 heterocycles. The minimum atomic E-state index is -1.01. The monoisotopic (exact) mass is 336 g/mol. The number of anilines is 1. The maximum absolute atomic E-state index is 13.1. The van der Waals surface area contributed by atoms with Crippen molar-refractivity contribution in [3.8, 4) is 9.88 Å². The van der Waals surface area contributed by atoms with Crippen molar-refractivity contribution in [2.45, 2.75) is 6.92 Å². The number of hydrogen-bond donors (Lipinski definition) is 1. The molecule has 2 aromatic heterocycles. The number of aryl methyl sites for hydroxylation is 1. The molecule has 0 fully saturated rings. The fraction of sp³-hybridized carbons (Fsp3) is 0.0667. The molecule has 1 amide bonds. The number of nitrogens with zero attached hydrogens (tertiary/aromatic N) is 1. The number of carbonyl (C=O) groups is 1. The lowest BCUT2D eigenvalue weighted by Crippen LogP contribution is -2.12. The highest BCUT2D eigenvalue weighted by molar-refractivity contribution is 7.21. The molecule has 0 aliphatic carbocycles. The number of hydrogen-bond acceptors (Lipinski definition) is 4. The number of carbonyl (C=O) groups excluding carboxylic acids is 1. The van der Waals surface area contributed by atoms with Crippen LogP contribution in [0.4, 0.5) is 14.5 Å². The average molecular weight is 336 g/mol. The standard InChI is InChI=1S/C15H10F2N2OS2/c1-8-2-5-13(22-8)15-19-12(7-21-15)14(20)18-9-3-4-10(16)11(17)6-9/h2-7H,1H3,(H,18,20). The molecule has 3 rings (SSSR count). The largest absolute Gasteiger partial charge is 0.321 e. The van der Waals surface area contributed by atoms with Gasteiger partial charge in [0.15, 0.2) is 11.6 Å². The number of rotatable bonds is 3. The van der Waals surface area contributed by atoms with Gasteiger partial charge in [-0.05, 0) is 31.2 Å². The molecule has 0 unspecified atom stereocenters. The van der Waals surface area contributed by atoms with Crippen molar-refractivity contribution in [1.29, 1.82) is 0 Å². The summed E-state index contributed by atoms with van der Waals surface area (Å²) in [5.41, 5.74) is 0.432.